The van der Waals surface area contributed by atoms with Gasteiger partial charge in [-0.1, -0.05) is 18.2 Å². The highest BCUT2D eigenvalue weighted by Crippen LogP contribution is 2.32. The first-order valence-electron chi connectivity index (χ1n) is 11.5. The summed E-state index contributed by atoms with van der Waals surface area (Å²) in [5.74, 6) is 0.183. The molecule has 4 rings (SSSR count). The van der Waals surface area contributed by atoms with Crippen LogP contribution < -0.4 is 20.7 Å². The Morgan fingerprint density at radius 3 is 2.81 bits per heavy atom. The molecule has 174 valence electrons. The highest BCUT2D eigenvalue weighted by Gasteiger charge is 2.42. The van der Waals surface area contributed by atoms with Crippen molar-refractivity contribution in [1.82, 2.24) is 25.8 Å². The lowest BCUT2D eigenvalue weighted by Gasteiger charge is -2.43. The Kier molecular flexibility index (Phi) is 6.95. The van der Waals surface area contributed by atoms with E-state index in [4.69, 9.17) is 4.74 Å². The molecular weight excluding hydrogens is 410 g/mol. The van der Waals surface area contributed by atoms with Crippen LogP contribution in [0.15, 0.2) is 24.3 Å². The number of hydrogen-bond acceptors (Lipinski definition) is 6. The van der Waals surface area contributed by atoms with Crippen LogP contribution in [0.3, 0.4) is 0 Å². The summed E-state index contributed by atoms with van der Waals surface area (Å²) in [7, 11) is 1.69. The van der Waals surface area contributed by atoms with E-state index >= 15 is 0 Å². The molecule has 3 aliphatic rings. The summed E-state index contributed by atoms with van der Waals surface area (Å²) in [5.41, 5.74) is 0.966. The van der Waals surface area contributed by atoms with Gasteiger partial charge in [0.15, 0.2) is 0 Å². The van der Waals surface area contributed by atoms with Gasteiger partial charge in [-0.25, -0.2) is 0 Å². The molecule has 2 saturated heterocycles. The lowest BCUT2D eigenvalue weighted by molar-refractivity contribution is -0.145. The first-order valence-corrected chi connectivity index (χ1v) is 11.5. The lowest BCUT2D eigenvalue weighted by Crippen LogP contribution is -2.64. The molecule has 3 N–H and O–H groups in total. The molecule has 9 nitrogen and oxygen atoms in total. The summed E-state index contributed by atoms with van der Waals surface area (Å²) in [4.78, 5) is 42.6. The molecule has 2 fully saturated rings. The van der Waals surface area contributed by atoms with Crippen LogP contribution in [0, 0.1) is 0 Å². The number of nitrogens with one attached hydrogen (secondary N) is 3. The second-order valence-electron chi connectivity index (χ2n) is 8.82. The van der Waals surface area contributed by atoms with Crippen LogP contribution in [0.1, 0.15) is 37.8 Å². The van der Waals surface area contributed by atoms with Gasteiger partial charge in [-0.2, -0.15) is 0 Å². The zero-order valence-electron chi connectivity index (χ0n) is 18.8. The van der Waals surface area contributed by atoms with Crippen LogP contribution in [0.4, 0.5) is 0 Å². The average molecular weight is 444 g/mol. The second-order valence-corrected chi connectivity index (χ2v) is 8.82. The van der Waals surface area contributed by atoms with E-state index in [1.807, 2.05) is 24.3 Å². The smallest absolute Gasteiger partial charge is 0.244 e. The van der Waals surface area contributed by atoms with Crippen molar-refractivity contribution in [1.29, 1.82) is 0 Å². The minimum absolute atomic E-state index is 0.110. The third-order valence-electron chi connectivity index (χ3n) is 6.83. The number of carbonyl (C=O) groups excluding carboxylic acids is 3. The fraction of sp³-hybridized carbons (Fsp3) is 0.609. The monoisotopic (exact) mass is 443 g/mol. The number of likely N-dealkylation sites (N-methyl/N-ethyl adjacent to an activating group) is 1. The van der Waals surface area contributed by atoms with Crippen molar-refractivity contribution >= 4 is 17.7 Å². The number of nitrogens with zero attached hydrogens (tertiary/aromatic N) is 2. The third kappa shape index (κ3) is 4.73. The van der Waals surface area contributed by atoms with E-state index < -0.39 is 6.04 Å². The minimum atomic E-state index is -0.578. The van der Waals surface area contributed by atoms with Crippen LogP contribution in [0.2, 0.25) is 0 Å². The van der Waals surface area contributed by atoms with Gasteiger partial charge in [-0.3, -0.25) is 19.3 Å². The average Bonchev–Trinajstić information content (AvgIpc) is 3.28. The Morgan fingerprint density at radius 2 is 2.00 bits per heavy atom. The van der Waals surface area contributed by atoms with Crippen molar-refractivity contribution in [3.8, 4) is 5.75 Å². The van der Waals surface area contributed by atoms with Crippen molar-refractivity contribution in [2.24, 2.45) is 0 Å². The van der Waals surface area contributed by atoms with Gasteiger partial charge in [0.2, 0.25) is 17.7 Å². The topological polar surface area (TPSA) is 103 Å². The number of para-hydroxylation sites is 1. The van der Waals surface area contributed by atoms with Crippen LogP contribution >= 0.6 is 0 Å². The molecule has 1 aromatic carbocycles. The van der Waals surface area contributed by atoms with Crippen molar-refractivity contribution in [3.63, 3.8) is 0 Å². The fourth-order valence-corrected chi connectivity index (χ4v) is 4.83. The second kappa shape index (κ2) is 9.87. The van der Waals surface area contributed by atoms with Gasteiger partial charge >= 0.3 is 0 Å². The van der Waals surface area contributed by atoms with Crippen LogP contribution in [-0.2, 0) is 14.4 Å². The zero-order valence-corrected chi connectivity index (χ0v) is 18.8. The molecule has 0 unspecified atom stereocenters. The molecule has 3 aliphatic heterocycles. The van der Waals surface area contributed by atoms with Gasteiger partial charge in [0.05, 0.1) is 25.2 Å². The summed E-state index contributed by atoms with van der Waals surface area (Å²) in [5, 5.41) is 8.72. The van der Waals surface area contributed by atoms with E-state index in [1.54, 1.807) is 18.9 Å². The Balaban J connectivity index is 1.46. The Labute approximate surface area is 188 Å². The SMILES string of the molecule is CN[C@@H](C)C(=O)NCC(=O)N1C[C@H]2CCCN2C[C@H]1C(=O)N[C@@H]1CCOc2ccccc21. The summed E-state index contributed by atoms with van der Waals surface area (Å²) in [6.07, 6.45) is 2.78. The number of rotatable bonds is 6. The highest BCUT2D eigenvalue weighted by molar-refractivity contribution is 5.91. The molecule has 0 aromatic heterocycles. The van der Waals surface area contributed by atoms with E-state index in [1.165, 1.54) is 0 Å². The van der Waals surface area contributed by atoms with Gasteiger partial charge < -0.3 is 25.6 Å². The van der Waals surface area contributed by atoms with Gasteiger partial charge in [0.1, 0.15) is 11.8 Å². The van der Waals surface area contributed by atoms with E-state index in [9.17, 15) is 14.4 Å². The van der Waals surface area contributed by atoms with Crippen molar-refractivity contribution in [2.45, 2.75) is 50.4 Å². The molecule has 0 radical (unpaired) electrons. The van der Waals surface area contributed by atoms with Crippen molar-refractivity contribution in [2.75, 3.05) is 39.8 Å². The predicted molar refractivity (Wildman–Crippen MR) is 119 cm³/mol. The first-order chi connectivity index (χ1) is 15.5. The number of benzene rings is 1. The van der Waals surface area contributed by atoms with E-state index in [-0.39, 0.29) is 42.4 Å². The van der Waals surface area contributed by atoms with E-state index in [0.717, 1.165) is 30.7 Å². The van der Waals surface area contributed by atoms with Crippen LogP contribution in [-0.4, -0.2) is 85.5 Å². The molecule has 3 amide bonds. The summed E-state index contributed by atoms with van der Waals surface area (Å²) < 4.78 is 5.71. The van der Waals surface area contributed by atoms with Gasteiger partial charge in [0, 0.05) is 31.1 Å². The molecule has 0 spiro atoms. The Bertz CT molecular complexity index is 863. The van der Waals surface area contributed by atoms with Gasteiger partial charge in [-0.05, 0) is 39.4 Å². The maximum atomic E-state index is 13.4. The molecule has 3 heterocycles. The number of ether oxygens (including phenoxy) is 1. The fourth-order valence-electron chi connectivity index (χ4n) is 4.83. The predicted octanol–water partition coefficient (Wildman–Crippen LogP) is 0.0257. The molecule has 32 heavy (non-hydrogen) atoms. The number of fused-ring (bicyclic) bond motifs is 2. The highest BCUT2D eigenvalue weighted by atomic mass is 16.5. The lowest BCUT2D eigenvalue weighted by atomic mass is 9.99. The zero-order chi connectivity index (χ0) is 22.7. The number of hydrogen-bond donors (Lipinski definition) is 3. The maximum absolute atomic E-state index is 13.4. The molecular formula is C23H33N5O4. The molecule has 0 aliphatic carbocycles. The van der Waals surface area contributed by atoms with Crippen LogP contribution in [0.25, 0.3) is 0 Å². The Morgan fingerprint density at radius 1 is 1.19 bits per heavy atom. The van der Waals surface area contributed by atoms with E-state index in [0.29, 0.717) is 26.1 Å². The van der Waals surface area contributed by atoms with E-state index in [2.05, 4.69) is 20.9 Å². The Hall–Kier alpha value is -2.65. The van der Waals surface area contributed by atoms with Gasteiger partial charge in [0.25, 0.3) is 0 Å². The van der Waals surface area contributed by atoms with Crippen molar-refractivity contribution in [3.05, 3.63) is 29.8 Å². The standard InChI is InChI=1S/C23H33N5O4/c1-15(24-2)22(30)25-12-21(29)28-13-16-6-5-10-27(16)14-19(28)23(31)26-18-9-11-32-20-8-4-3-7-17(18)20/h3-4,7-8,15-16,18-19,24H,5-6,9-14H2,1-2H3,(H,25,30)(H,26,31)/t15-,16+,18+,19-/m0/s1. The van der Waals surface area contributed by atoms with Gasteiger partial charge in [-0.15, -0.1) is 0 Å². The molecule has 9 heteroatoms. The summed E-state index contributed by atoms with van der Waals surface area (Å²) in [6, 6.07) is 6.91. The van der Waals surface area contributed by atoms with Crippen molar-refractivity contribution < 1.29 is 19.1 Å². The quantitative estimate of drug-likeness (QED) is 0.573. The molecule has 1 aromatic rings. The minimum Gasteiger partial charge on any atom is -0.493 e. The normalized spacial score (nSPS) is 25.8. The maximum Gasteiger partial charge on any atom is 0.244 e. The first kappa shape index (κ1) is 22.5. The number of carbonyl (C=O) groups is 3. The van der Waals surface area contributed by atoms with Crippen LogP contribution in [0.5, 0.6) is 5.75 Å². The summed E-state index contributed by atoms with van der Waals surface area (Å²) in [6.45, 7) is 4.15. The number of piperazine rings is 1. The summed E-state index contributed by atoms with van der Waals surface area (Å²) >= 11 is 0. The molecule has 0 bridgehead atoms. The third-order valence-corrected chi connectivity index (χ3v) is 6.83. The molecule has 0 saturated carbocycles. The molecule has 4 atom stereocenters. The largest absolute Gasteiger partial charge is 0.493 e. The number of amides is 3.